The molecule has 1 saturated heterocycles. The molecule has 0 aromatic heterocycles. The number of halogens is 1. The minimum Gasteiger partial charge on any atom is -0.497 e. The Bertz CT molecular complexity index is 1430. The van der Waals surface area contributed by atoms with Crippen LogP contribution < -0.4 is 15.0 Å². The van der Waals surface area contributed by atoms with E-state index < -0.39 is 40.6 Å². The van der Waals surface area contributed by atoms with Crippen LogP contribution in [0.15, 0.2) is 54.6 Å². The summed E-state index contributed by atoms with van der Waals surface area (Å²) >= 11 is 6.08. The lowest BCUT2D eigenvalue weighted by Crippen LogP contribution is -2.81. The molecule has 1 saturated carbocycles. The maximum atomic E-state index is 13.0. The monoisotopic (exact) mass is 595 g/mol. The Hall–Kier alpha value is -3.27. The maximum Gasteiger partial charge on any atom is 0.407 e. The van der Waals surface area contributed by atoms with Crippen LogP contribution in [0.3, 0.4) is 0 Å². The van der Waals surface area contributed by atoms with Crippen LogP contribution in [0.5, 0.6) is 5.75 Å². The summed E-state index contributed by atoms with van der Waals surface area (Å²) in [5.41, 5.74) is -0.0101. The summed E-state index contributed by atoms with van der Waals surface area (Å²) in [6.45, 7) is 4.92. The summed E-state index contributed by atoms with van der Waals surface area (Å²) in [5.74, 6) is 0.240. The summed E-state index contributed by atoms with van der Waals surface area (Å²) in [4.78, 5) is 30.3. The SMILES string of the molecule is CC[C@]12C=CCN3CC[C@@]4(c5ccc(OC)cc5N(C)[C@H]4C(O)(CNC(=O)OCc4cccc(Cl)c4)[C@@H]1OC(C)=O)[C@@H]32. The molecular formula is C32H38ClN3O6. The van der Waals surface area contributed by atoms with Crippen LogP contribution in [-0.4, -0.2) is 79.6 Å². The van der Waals surface area contributed by atoms with Gasteiger partial charge < -0.3 is 29.5 Å². The molecule has 3 heterocycles. The molecule has 224 valence electrons. The number of amides is 1. The average Bonchev–Trinajstić information content (AvgIpc) is 3.49. The molecule has 9 nitrogen and oxygen atoms in total. The molecule has 3 aliphatic heterocycles. The zero-order chi connectivity index (χ0) is 29.9. The topological polar surface area (TPSA) is 101 Å². The highest BCUT2D eigenvalue weighted by molar-refractivity contribution is 6.30. The zero-order valence-corrected chi connectivity index (χ0v) is 25.2. The zero-order valence-electron chi connectivity index (χ0n) is 24.4. The first-order chi connectivity index (χ1) is 20.1. The normalized spacial score (nSPS) is 32.5. The van der Waals surface area contributed by atoms with E-state index in [4.69, 9.17) is 25.8 Å². The minimum absolute atomic E-state index is 0.0232. The van der Waals surface area contributed by atoms with Crippen molar-refractivity contribution in [2.24, 2.45) is 5.41 Å². The summed E-state index contributed by atoms with van der Waals surface area (Å²) in [6, 6.07) is 12.7. The van der Waals surface area contributed by atoms with Gasteiger partial charge in [0.1, 0.15) is 24.1 Å². The number of hydrogen-bond donors (Lipinski definition) is 2. The van der Waals surface area contributed by atoms with Crippen molar-refractivity contribution in [3.05, 3.63) is 70.8 Å². The van der Waals surface area contributed by atoms with E-state index in [9.17, 15) is 14.7 Å². The van der Waals surface area contributed by atoms with Gasteiger partial charge in [-0.05, 0) is 48.7 Å². The molecule has 0 bridgehead atoms. The van der Waals surface area contributed by atoms with Gasteiger partial charge in [-0.2, -0.15) is 0 Å². The number of aliphatic hydroxyl groups is 1. The Labute approximate surface area is 251 Å². The Balaban J connectivity index is 1.43. The van der Waals surface area contributed by atoms with Crippen molar-refractivity contribution < 1.29 is 28.9 Å². The van der Waals surface area contributed by atoms with E-state index in [1.54, 1.807) is 25.3 Å². The summed E-state index contributed by atoms with van der Waals surface area (Å²) in [7, 11) is 3.60. The van der Waals surface area contributed by atoms with E-state index >= 15 is 0 Å². The second-order valence-electron chi connectivity index (χ2n) is 12.0. The molecule has 4 aliphatic rings. The van der Waals surface area contributed by atoms with Crippen LogP contribution in [0.25, 0.3) is 0 Å². The number of alkyl carbamates (subject to hydrolysis) is 1. The third-order valence-corrected chi connectivity index (χ3v) is 10.2. The smallest absolute Gasteiger partial charge is 0.407 e. The third-order valence-electron chi connectivity index (χ3n) is 9.99. The van der Waals surface area contributed by atoms with E-state index in [0.717, 1.165) is 42.1 Å². The molecule has 1 unspecified atom stereocenters. The van der Waals surface area contributed by atoms with Crippen molar-refractivity contribution in [2.75, 3.05) is 38.7 Å². The van der Waals surface area contributed by atoms with Gasteiger partial charge in [-0.1, -0.05) is 48.9 Å². The minimum atomic E-state index is -1.67. The molecule has 1 spiro atoms. The lowest BCUT2D eigenvalue weighted by Gasteiger charge is -2.64. The Morgan fingerprint density at radius 3 is 2.71 bits per heavy atom. The van der Waals surface area contributed by atoms with Crippen molar-refractivity contribution in [1.29, 1.82) is 0 Å². The predicted molar refractivity (Wildman–Crippen MR) is 159 cm³/mol. The van der Waals surface area contributed by atoms with Crippen molar-refractivity contribution in [2.45, 2.75) is 62.5 Å². The molecule has 2 fully saturated rings. The number of likely N-dealkylation sites (N-methyl/N-ethyl adjacent to an activating group) is 1. The molecule has 42 heavy (non-hydrogen) atoms. The van der Waals surface area contributed by atoms with Crippen LogP contribution in [-0.2, 0) is 26.3 Å². The Kier molecular flexibility index (Phi) is 7.19. The number of benzene rings is 2. The fraction of sp³-hybridized carbons (Fsp3) is 0.500. The van der Waals surface area contributed by atoms with Crippen LogP contribution in [0.2, 0.25) is 5.02 Å². The van der Waals surface area contributed by atoms with Gasteiger partial charge in [0, 0.05) is 54.2 Å². The van der Waals surface area contributed by atoms with Gasteiger partial charge in [0.15, 0.2) is 0 Å². The van der Waals surface area contributed by atoms with Crippen LogP contribution >= 0.6 is 11.6 Å². The average molecular weight is 596 g/mol. The van der Waals surface area contributed by atoms with Gasteiger partial charge >= 0.3 is 12.1 Å². The second kappa shape index (κ2) is 10.5. The lowest BCUT2D eigenvalue weighted by molar-refractivity contribution is -0.217. The molecule has 2 aromatic carbocycles. The fourth-order valence-corrected chi connectivity index (χ4v) is 8.90. The fourth-order valence-electron chi connectivity index (χ4n) is 8.68. The molecular weight excluding hydrogens is 558 g/mol. The van der Waals surface area contributed by atoms with Gasteiger partial charge in [0.05, 0.1) is 19.7 Å². The van der Waals surface area contributed by atoms with Crippen LogP contribution in [0.1, 0.15) is 37.8 Å². The molecule has 2 aromatic rings. The van der Waals surface area contributed by atoms with Crippen LogP contribution in [0.4, 0.5) is 10.5 Å². The number of carbonyl (C=O) groups is 2. The molecule has 10 heteroatoms. The summed E-state index contributed by atoms with van der Waals surface area (Å²) in [5, 5.41) is 16.4. The number of methoxy groups -OCH3 is 1. The predicted octanol–water partition coefficient (Wildman–Crippen LogP) is 4.05. The van der Waals surface area contributed by atoms with Gasteiger partial charge in [0.2, 0.25) is 0 Å². The number of nitrogens with zero attached hydrogens (tertiary/aromatic N) is 2. The number of nitrogens with one attached hydrogen (secondary N) is 1. The molecule has 6 atom stereocenters. The highest BCUT2D eigenvalue weighted by atomic mass is 35.5. The van der Waals surface area contributed by atoms with Crippen molar-refractivity contribution >= 4 is 29.4 Å². The number of carbonyl (C=O) groups excluding carboxylic acids is 2. The molecule has 6 rings (SSSR count). The first kappa shape index (κ1) is 28.8. The van der Waals surface area contributed by atoms with E-state index in [1.807, 2.05) is 25.2 Å². The highest BCUT2D eigenvalue weighted by Crippen LogP contribution is 2.67. The molecule has 2 N–H and O–H groups in total. The maximum absolute atomic E-state index is 13.0. The van der Waals surface area contributed by atoms with Gasteiger partial charge in [-0.3, -0.25) is 9.69 Å². The van der Waals surface area contributed by atoms with Gasteiger partial charge in [-0.25, -0.2) is 4.79 Å². The van der Waals surface area contributed by atoms with Crippen molar-refractivity contribution in [1.82, 2.24) is 10.2 Å². The number of anilines is 1. The highest BCUT2D eigenvalue weighted by Gasteiger charge is 2.77. The van der Waals surface area contributed by atoms with Gasteiger partial charge in [-0.15, -0.1) is 0 Å². The number of ether oxygens (including phenoxy) is 3. The summed E-state index contributed by atoms with van der Waals surface area (Å²) < 4.78 is 17.2. The third kappa shape index (κ3) is 4.12. The molecule has 1 aliphatic carbocycles. The number of rotatable bonds is 7. The van der Waals surface area contributed by atoms with E-state index in [2.05, 4.69) is 40.3 Å². The van der Waals surface area contributed by atoms with E-state index in [-0.39, 0.29) is 19.2 Å². The van der Waals surface area contributed by atoms with Crippen molar-refractivity contribution in [3.8, 4) is 5.75 Å². The molecule has 0 radical (unpaired) electrons. The first-order valence-electron chi connectivity index (χ1n) is 14.5. The Morgan fingerprint density at radius 2 is 2.00 bits per heavy atom. The first-order valence-corrected chi connectivity index (χ1v) is 14.9. The molecule has 1 amide bonds. The van der Waals surface area contributed by atoms with Crippen LogP contribution in [0, 0.1) is 5.41 Å². The number of esters is 1. The number of fused-ring (bicyclic) bond motifs is 1. The van der Waals surface area contributed by atoms with E-state index in [0.29, 0.717) is 11.4 Å². The van der Waals surface area contributed by atoms with Crippen molar-refractivity contribution in [3.63, 3.8) is 0 Å². The Morgan fingerprint density at radius 1 is 1.19 bits per heavy atom. The summed E-state index contributed by atoms with van der Waals surface area (Å²) in [6.07, 6.45) is 4.10. The number of hydrogen-bond acceptors (Lipinski definition) is 8. The van der Waals surface area contributed by atoms with E-state index in [1.165, 1.54) is 6.92 Å². The largest absolute Gasteiger partial charge is 0.497 e. The van der Waals surface area contributed by atoms with Gasteiger partial charge in [0.25, 0.3) is 0 Å². The quantitative estimate of drug-likeness (QED) is 0.365. The lowest BCUT2D eigenvalue weighted by atomic mass is 9.47. The standard InChI is InChI=1S/C32H38ClN3O6/c1-5-30-12-7-14-36-15-13-31(26(30)36)24-11-10-23(40-4)17-25(24)35(3)27(31)32(39,28(30)42-20(2)37)19-34-29(38)41-18-21-8-6-9-22(33)16-21/h6-12,16-17,26-28,39H,5,13-15,18-19H2,1-4H3,(H,34,38)/t26-,27+,28+,30+,31+,32?/m0/s1. The second-order valence-corrected chi connectivity index (χ2v) is 12.4.